The first-order valence-corrected chi connectivity index (χ1v) is 9.56. The van der Waals surface area contributed by atoms with Gasteiger partial charge in [-0.2, -0.15) is 0 Å². The van der Waals surface area contributed by atoms with E-state index in [1.165, 1.54) is 6.26 Å². The van der Waals surface area contributed by atoms with E-state index in [2.05, 4.69) is 15.2 Å². The highest BCUT2D eigenvalue weighted by Gasteiger charge is 2.27. The zero-order valence-corrected chi connectivity index (χ0v) is 15.3. The van der Waals surface area contributed by atoms with Crippen LogP contribution in [-0.4, -0.2) is 53.9 Å². The average Bonchev–Trinajstić information content (AvgIpc) is 3.42. The number of nitrogens with zero attached hydrogens (tertiary/aromatic N) is 3. The summed E-state index contributed by atoms with van der Waals surface area (Å²) in [5.74, 6) is 0.968. The van der Waals surface area contributed by atoms with Crippen LogP contribution in [0.3, 0.4) is 0 Å². The Morgan fingerprint density at radius 1 is 1.07 bits per heavy atom. The number of likely N-dealkylation sites (tertiary alicyclic amines) is 1. The van der Waals surface area contributed by atoms with E-state index in [-0.39, 0.29) is 17.9 Å². The summed E-state index contributed by atoms with van der Waals surface area (Å²) < 4.78 is 5.19. The summed E-state index contributed by atoms with van der Waals surface area (Å²) in [6.07, 6.45) is 6.99. The Morgan fingerprint density at radius 3 is 2.56 bits per heavy atom. The molecule has 2 aromatic rings. The predicted octanol–water partition coefficient (Wildman–Crippen LogP) is 2.31. The quantitative estimate of drug-likeness (QED) is 0.896. The zero-order valence-electron chi connectivity index (χ0n) is 15.3. The molecule has 142 valence electrons. The Balaban J connectivity index is 1.35. The van der Waals surface area contributed by atoms with Crippen molar-refractivity contribution in [1.82, 2.24) is 15.2 Å². The number of rotatable bonds is 4. The van der Waals surface area contributed by atoms with Crippen molar-refractivity contribution in [3.8, 4) is 0 Å². The maximum Gasteiger partial charge on any atom is 0.289 e. The Labute approximate surface area is 158 Å². The van der Waals surface area contributed by atoms with E-state index in [1.807, 2.05) is 6.07 Å². The second-order valence-corrected chi connectivity index (χ2v) is 7.09. The SMILES string of the molecule is O=C(NC1CCN(C(=O)c2ccco2)CC1)c1cccnc1N1CCCC1. The number of carbonyl (C=O) groups excluding carboxylic acids is 2. The van der Waals surface area contributed by atoms with E-state index >= 15 is 0 Å². The van der Waals surface area contributed by atoms with Crippen LogP contribution in [0.15, 0.2) is 41.1 Å². The van der Waals surface area contributed by atoms with Gasteiger partial charge in [-0.05, 0) is 49.9 Å². The van der Waals surface area contributed by atoms with Gasteiger partial charge >= 0.3 is 0 Å². The monoisotopic (exact) mass is 368 g/mol. The molecule has 0 saturated carbocycles. The highest BCUT2D eigenvalue weighted by Crippen LogP contribution is 2.22. The van der Waals surface area contributed by atoms with E-state index in [0.29, 0.717) is 24.4 Å². The molecule has 4 rings (SSSR count). The van der Waals surface area contributed by atoms with E-state index in [9.17, 15) is 9.59 Å². The van der Waals surface area contributed by atoms with Crippen molar-refractivity contribution in [1.29, 1.82) is 0 Å². The summed E-state index contributed by atoms with van der Waals surface area (Å²) in [6.45, 7) is 3.11. The molecule has 0 aromatic carbocycles. The Kier molecular flexibility index (Phi) is 5.09. The average molecular weight is 368 g/mol. The number of amides is 2. The number of piperidine rings is 1. The predicted molar refractivity (Wildman–Crippen MR) is 101 cm³/mol. The fraction of sp³-hybridized carbons (Fsp3) is 0.450. The van der Waals surface area contributed by atoms with Crippen molar-refractivity contribution in [3.05, 3.63) is 48.0 Å². The van der Waals surface area contributed by atoms with Gasteiger partial charge in [0.2, 0.25) is 0 Å². The third-order valence-corrected chi connectivity index (χ3v) is 5.29. The minimum absolute atomic E-state index is 0.0600. The number of aromatic nitrogens is 1. The van der Waals surface area contributed by atoms with Gasteiger partial charge in [0.25, 0.3) is 11.8 Å². The van der Waals surface area contributed by atoms with Crippen molar-refractivity contribution < 1.29 is 14.0 Å². The molecule has 2 aliphatic heterocycles. The number of pyridine rings is 1. The molecule has 0 bridgehead atoms. The van der Waals surface area contributed by atoms with Crippen LogP contribution in [0.25, 0.3) is 0 Å². The topological polar surface area (TPSA) is 78.7 Å². The minimum atomic E-state index is -0.0895. The molecule has 0 unspecified atom stereocenters. The number of hydrogen-bond acceptors (Lipinski definition) is 5. The van der Waals surface area contributed by atoms with E-state index in [1.54, 1.807) is 29.3 Å². The first-order valence-electron chi connectivity index (χ1n) is 9.56. The molecule has 2 fully saturated rings. The summed E-state index contributed by atoms with van der Waals surface area (Å²) in [5.41, 5.74) is 0.633. The fourth-order valence-corrected chi connectivity index (χ4v) is 3.80. The number of nitrogens with one attached hydrogen (secondary N) is 1. The normalized spacial score (nSPS) is 17.9. The number of furan rings is 1. The Hall–Kier alpha value is -2.83. The van der Waals surface area contributed by atoms with Crippen LogP contribution in [0.4, 0.5) is 5.82 Å². The van der Waals surface area contributed by atoms with Crippen LogP contribution < -0.4 is 10.2 Å². The molecular formula is C20H24N4O3. The molecule has 4 heterocycles. The van der Waals surface area contributed by atoms with Crippen LogP contribution in [0.1, 0.15) is 46.6 Å². The summed E-state index contributed by atoms with van der Waals surface area (Å²) in [6, 6.07) is 7.10. The summed E-state index contributed by atoms with van der Waals surface area (Å²) in [5, 5.41) is 3.13. The smallest absolute Gasteiger partial charge is 0.289 e. The Morgan fingerprint density at radius 2 is 1.85 bits per heavy atom. The first kappa shape index (κ1) is 17.6. The molecule has 1 N–H and O–H groups in total. The maximum atomic E-state index is 12.8. The van der Waals surface area contributed by atoms with Crippen LogP contribution in [0.5, 0.6) is 0 Å². The molecule has 2 aliphatic rings. The van der Waals surface area contributed by atoms with Crippen molar-refractivity contribution >= 4 is 17.6 Å². The molecule has 0 radical (unpaired) electrons. The molecule has 2 saturated heterocycles. The second-order valence-electron chi connectivity index (χ2n) is 7.09. The van der Waals surface area contributed by atoms with Crippen LogP contribution in [0, 0.1) is 0 Å². The molecule has 2 amide bonds. The highest BCUT2D eigenvalue weighted by molar-refractivity contribution is 5.99. The standard InChI is InChI=1S/C20H24N4O3/c25-19(16-5-3-9-21-18(16)23-10-1-2-11-23)22-15-7-12-24(13-8-15)20(26)17-6-4-14-27-17/h3-6,9,14-15H,1-2,7-8,10-13H2,(H,22,25). The molecular weight excluding hydrogens is 344 g/mol. The summed E-state index contributed by atoms with van der Waals surface area (Å²) in [7, 11) is 0. The molecule has 0 atom stereocenters. The lowest BCUT2D eigenvalue weighted by molar-refractivity contribution is 0.0667. The van der Waals surface area contributed by atoms with E-state index < -0.39 is 0 Å². The van der Waals surface area contributed by atoms with Crippen LogP contribution in [-0.2, 0) is 0 Å². The molecule has 27 heavy (non-hydrogen) atoms. The molecule has 7 nitrogen and oxygen atoms in total. The van der Waals surface area contributed by atoms with Gasteiger partial charge in [0.05, 0.1) is 11.8 Å². The van der Waals surface area contributed by atoms with Gasteiger partial charge in [0.15, 0.2) is 5.76 Å². The first-order chi connectivity index (χ1) is 13.2. The van der Waals surface area contributed by atoms with Crippen molar-refractivity contribution in [2.24, 2.45) is 0 Å². The lowest BCUT2D eigenvalue weighted by Gasteiger charge is -2.32. The molecule has 2 aromatic heterocycles. The number of hydrogen-bond donors (Lipinski definition) is 1. The lowest BCUT2D eigenvalue weighted by atomic mass is 10.0. The summed E-state index contributed by atoms with van der Waals surface area (Å²) >= 11 is 0. The van der Waals surface area contributed by atoms with Gasteiger partial charge in [0, 0.05) is 38.4 Å². The minimum Gasteiger partial charge on any atom is -0.459 e. The van der Waals surface area contributed by atoms with Crippen molar-refractivity contribution in [2.75, 3.05) is 31.1 Å². The van der Waals surface area contributed by atoms with Crippen LogP contribution >= 0.6 is 0 Å². The zero-order chi connectivity index (χ0) is 18.6. The fourth-order valence-electron chi connectivity index (χ4n) is 3.80. The van der Waals surface area contributed by atoms with Gasteiger partial charge in [0.1, 0.15) is 5.82 Å². The molecule has 0 aliphatic carbocycles. The van der Waals surface area contributed by atoms with Crippen LogP contribution in [0.2, 0.25) is 0 Å². The third kappa shape index (κ3) is 3.82. The highest BCUT2D eigenvalue weighted by atomic mass is 16.3. The lowest BCUT2D eigenvalue weighted by Crippen LogP contribution is -2.46. The molecule has 0 spiro atoms. The summed E-state index contributed by atoms with van der Waals surface area (Å²) in [4.78, 5) is 33.6. The van der Waals surface area contributed by atoms with Gasteiger partial charge in [-0.25, -0.2) is 4.98 Å². The number of carbonyl (C=O) groups is 2. The number of anilines is 1. The molecule has 7 heteroatoms. The van der Waals surface area contributed by atoms with Gasteiger partial charge in [-0.3, -0.25) is 9.59 Å². The maximum absolute atomic E-state index is 12.8. The van der Waals surface area contributed by atoms with Crippen molar-refractivity contribution in [2.45, 2.75) is 31.7 Å². The van der Waals surface area contributed by atoms with Gasteiger partial charge in [-0.1, -0.05) is 0 Å². The van der Waals surface area contributed by atoms with Crippen molar-refractivity contribution in [3.63, 3.8) is 0 Å². The van der Waals surface area contributed by atoms with E-state index in [4.69, 9.17) is 4.42 Å². The largest absolute Gasteiger partial charge is 0.459 e. The van der Waals surface area contributed by atoms with Gasteiger partial charge in [-0.15, -0.1) is 0 Å². The second kappa shape index (κ2) is 7.82. The van der Waals surface area contributed by atoms with E-state index in [0.717, 1.165) is 44.6 Å². The van der Waals surface area contributed by atoms with Gasteiger partial charge < -0.3 is 19.5 Å². The Bertz CT molecular complexity index is 791. The third-order valence-electron chi connectivity index (χ3n) is 5.29.